The molecule has 4 heteroatoms. The van der Waals surface area contributed by atoms with Crippen LogP contribution in [0.25, 0.3) is 0 Å². The normalized spacial score (nSPS) is 8.77. The molecule has 0 radical (unpaired) electrons. The van der Waals surface area contributed by atoms with Crippen LogP contribution in [0.5, 0.6) is 0 Å². The van der Waals surface area contributed by atoms with E-state index in [9.17, 15) is 4.79 Å². The Bertz CT molecular complexity index is 357. The van der Waals surface area contributed by atoms with E-state index in [-0.39, 0.29) is 12.5 Å². The first-order valence-corrected chi connectivity index (χ1v) is 3.84. The van der Waals surface area contributed by atoms with Gasteiger partial charge < -0.3 is 9.73 Å². The molecule has 1 heterocycles. The van der Waals surface area contributed by atoms with Crippen LogP contribution in [-0.4, -0.2) is 10.9 Å². The number of carbonyl (C=O) groups excluding carboxylic acids is 1. The predicted octanol–water partition coefficient (Wildman–Crippen LogP) is 0.623. The van der Waals surface area contributed by atoms with E-state index in [1.54, 1.807) is 20.0 Å². The van der Waals surface area contributed by atoms with E-state index in [0.717, 1.165) is 5.76 Å². The van der Waals surface area contributed by atoms with E-state index < -0.39 is 0 Å². The second kappa shape index (κ2) is 4.31. The lowest BCUT2D eigenvalue weighted by Crippen LogP contribution is -2.20. The van der Waals surface area contributed by atoms with Crippen molar-refractivity contribution >= 4 is 5.91 Å². The summed E-state index contributed by atoms with van der Waals surface area (Å²) < 4.78 is 5.14. The largest absolute Gasteiger partial charge is 0.444 e. The average Bonchev–Trinajstić information content (AvgIpc) is 2.49. The SMILES string of the molecule is CC#CC(=O)NCc1ncc(C)o1. The van der Waals surface area contributed by atoms with Crippen LogP contribution in [0.15, 0.2) is 10.6 Å². The van der Waals surface area contributed by atoms with Gasteiger partial charge in [0.15, 0.2) is 0 Å². The molecule has 0 saturated carbocycles. The molecule has 1 N–H and O–H groups in total. The van der Waals surface area contributed by atoms with Crippen LogP contribution >= 0.6 is 0 Å². The Balaban J connectivity index is 2.42. The molecule has 0 aromatic carbocycles. The number of amides is 1. The standard InChI is InChI=1S/C9H10N2O2/c1-3-4-8(12)10-6-9-11-5-7(2)13-9/h5H,6H2,1-2H3,(H,10,12). The summed E-state index contributed by atoms with van der Waals surface area (Å²) in [6.07, 6.45) is 1.60. The lowest BCUT2D eigenvalue weighted by molar-refractivity contribution is -0.115. The smallest absolute Gasteiger partial charge is 0.296 e. The van der Waals surface area contributed by atoms with Crippen LogP contribution < -0.4 is 5.32 Å². The molecule has 0 aliphatic carbocycles. The summed E-state index contributed by atoms with van der Waals surface area (Å²) in [4.78, 5) is 14.8. The number of aromatic nitrogens is 1. The molecule has 1 rings (SSSR count). The van der Waals surface area contributed by atoms with Crippen LogP contribution in [-0.2, 0) is 11.3 Å². The molecule has 0 atom stereocenters. The molecule has 1 aromatic rings. The minimum atomic E-state index is -0.321. The van der Waals surface area contributed by atoms with Crippen LogP contribution in [0, 0.1) is 18.8 Å². The maximum atomic E-state index is 10.9. The van der Waals surface area contributed by atoms with E-state index in [1.807, 2.05) is 0 Å². The summed E-state index contributed by atoms with van der Waals surface area (Å²) in [5.41, 5.74) is 0. The second-order valence-corrected chi connectivity index (χ2v) is 2.42. The highest BCUT2D eigenvalue weighted by molar-refractivity contribution is 5.93. The third kappa shape index (κ3) is 2.99. The van der Waals surface area contributed by atoms with Crippen LogP contribution in [0.2, 0.25) is 0 Å². The zero-order valence-corrected chi connectivity index (χ0v) is 7.55. The quantitative estimate of drug-likeness (QED) is 0.675. The lowest BCUT2D eigenvalue weighted by atomic mass is 10.5. The highest BCUT2D eigenvalue weighted by atomic mass is 16.4. The maximum Gasteiger partial charge on any atom is 0.296 e. The summed E-state index contributed by atoms with van der Waals surface area (Å²) in [5.74, 6) is 5.75. The minimum absolute atomic E-state index is 0.279. The fraction of sp³-hybridized carbons (Fsp3) is 0.333. The van der Waals surface area contributed by atoms with Gasteiger partial charge in [-0.25, -0.2) is 4.98 Å². The van der Waals surface area contributed by atoms with E-state index in [2.05, 4.69) is 22.1 Å². The molecular weight excluding hydrogens is 168 g/mol. The van der Waals surface area contributed by atoms with Crippen molar-refractivity contribution in [2.75, 3.05) is 0 Å². The number of nitrogens with zero attached hydrogens (tertiary/aromatic N) is 1. The Morgan fingerprint density at radius 1 is 1.77 bits per heavy atom. The molecule has 68 valence electrons. The second-order valence-electron chi connectivity index (χ2n) is 2.42. The van der Waals surface area contributed by atoms with Gasteiger partial charge in [0.25, 0.3) is 5.91 Å². The van der Waals surface area contributed by atoms with Gasteiger partial charge in [-0.05, 0) is 19.8 Å². The van der Waals surface area contributed by atoms with E-state index in [1.165, 1.54) is 0 Å². The van der Waals surface area contributed by atoms with Crippen molar-refractivity contribution in [3.63, 3.8) is 0 Å². The Hall–Kier alpha value is -1.76. The van der Waals surface area contributed by atoms with Gasteiger partial charge in [-0.15, -0.1) is 0 Å². The fourth-order valence-electron chi connectivity index (χ4n) is 0.797. The van der Waals surface area contributed by atoms with Crippen molar-refractivity contribution in [2.24, 2.45) is 0 Å². The van der Waals surface area contributed by atoms with Gasteiger partial charge in [0.2, 0.25) is 5.89 Å². The topological polar surface area (TPSA) is 55.1 Å². The van der Waals surface area contributed by atoms with Gasteiger partial charge in [0.1, 0.15) is 5.76 Å². The zero-order valence-electron chi connectivity index (χ0n) is 7.55. The summed E-state index contributed by atoms with van der Waals surface area (Å²) in [5, 5.41) is 2.54. The third-order valence-corrected chi connectivity index (χ3v) is 1.31. The number of nitrogens with one attached hydrogen (secondary N) is 1. The van der Waals surface area contributed by atoms with E-state index >= 15 is 0 Å². The summed E-state index contributed by atoms with van der Waals surface area (Å²) in [7, 11) is 0. The molecule has 0 bridgehead atoms. The van der Waals surface area contributed by atoms with Crippen molar-refractivity contribution in [3.8, 4) is 11.8 Å². The number of hydrogen-bond donors (Lipinski definition) is 1. The van der Waals surface area contributed by atoms with E-state index in [4.69, 9.17) is 4.42 Å². The number of rotatable bonds is 2. The predicted molar refractivity (Wildman–Crippen MR) is 46.5 cm³/mol. The van der Waals surface area contributed by atoms with Gasteiger partial charge in [-0.3, -0.25) is 4.79 Å². The molecule has 0 aliphatic rings. The number of oxazole rings is 1. The average molecular weight is 178 g/mol. The Labute approximate surface area is 76.3 Å². The molecule has 0 saturated heterocycles. The minimum Gasteiger partial charge on any atom is -0.444 e. The van der Waals surface area contributed by atoms with Crippen molar-refractivity contribution in [3.05, 3.63) is 17.8 Å². The van der Waals surface area contributed by atoms with E-state index in [0.29, 0.717) is 5.89 Å². The van der Waals surface area contributed by atoms with Crippen molar-refractivity contribution in [1.82, 2.24) is 10.3 Å². The first kappa shape index (κ1) is 9.33. The highest BCUT2D eigenvalue weighted by Crippen LogP contribution is 1.99. The Morgan fingerprint density at radius 3 is 3.08 bits per heavy atom. The van der Waals surface area contributed by atoms with Gasteiger partial charge in [0.05, 0.1) is 12.7 Å². The molecule has 0 unspecified atom stereocenters. The monoisotopic (exact) mass is 178 g/mol. The zero-order chi connectivity index (χ0) is 9.68. The molecule has 0 fully saturated rings. The van der Waals surface area contributed by atoms with Gasteiger partial charge in [0, 0.05) is 0 Å². The maximum absolute atomic E-state index is 10.9. The molecule has 0 aliphatic heterocycles. The van der Waals surface area contributed by atoms with Gasteiger partial charge >= 0.3 is 0 Å². The molecular formula is C9H10N2O2. The first-order chi connectivity index (χ1) is 6.22. The van der Waals surface area contributed by atoms with Crippen molar-refractivity contribution in [2.45, 2.75) is 20.4 Å². The van der Waals surface area contributed by atoms with Crippen molar-refractivity contribution < 1.29 is 9.21 Å². The molecule has 13 heavy (non-hydrogen) atoms. The van der Waals surface area contributed by atoms with Crippen LogP contribution in [0.3, 0.4) is 0 Å². The fourth-order valence-corrected chi connectivity index (χ4v) is 0.797. The van der Waals surface area contributed by atoms with Gasteiger partial charge in [-0.2, -0.15) is 0 Å². The lowest BCUT2D eigenvalue weighted by Gasteiger charge is -1.94. The number of aryl methyl sites for hydroxylation is 1. The number of carbonyl (C=O) groups is 1. The molecule has 4 nitrogen and oxygen atoms in total. The van der Waals surface area contributed by atoms with Gasteiger partial charge in [-0.1, -0.05) is 5.92 Å². The summed E-state index contributed by atoms with van der Waals surface area (Å²) in [6.45, 7) is 3.68. The highest BCUT2D eigenvalue weighted by Gasteiger charge is 2.01. The number of hydrogen-bond acceptors (Lipinski definition) is 3. The van der Waals surface area contributed by atoms with Crippen LogP contribution in [0.1, 0.15) is 18.6 Å². The first-order valence-electron chi connectivity index (χ1n) is 3.84. The van der Waals surface area contributed by atoms with Crippen molar-refractivity contribution in [1.29, 1.82) is 0 Å². The Morgan fingerprint density at radius 2 is 2.54 bits per heavy atom. The van der Waals surface area contributed by atoms with Crippen LogP contribution in [0.4, 0.5) is 0 Å². The molecule has 1 aromatic heterocycles. The molecule has 0 spiro atoms. The molecule has 1 amide bonds. The third-order valence-electron chi connectivity index (χ3n) is 1.31. The summed E-state index contributed by atoms with van der Waals surface area (Å²) in [6, 6.07) is 0. The summed E-state index contributed by atoms with van der Waals surface area (Å²) >= 11 is 0. The Kier molecular flexibility index (Phi) is 3.09.